The molecule has 0 radical (unpaired) electrons. The number of rotatable bonds is 5. The van der Waals surface area contributed by atoms with Crippen LogP contribution in [0, 0.1) is 0 Å². The molecule has 0 unspecified atom stereocenters. The molecular weight excluding hydrogens is 288 g/mol. The second kappa shape index (κ2) is 6.73. The highest BCUT2D eigenvalue weighted by atomic mass is 35.5. The molecule has 0 aromatic heterocycles. The van der Waals surface area contributed by atoms with Gasteiger partial charge in [-0.1, -0.05) is 55.0 Å². The van der Waals surface area contributed by atoms with E-state index in [1.807, 2.05) is 12.1 Å². The van der Waals surface area contributed by atoms with Gasteiger partial charge >= 0.3 is 0 Å². The SMILES string of the molecule is CCc1ccc(CNc2ccc(Cl)cc2C(N)=S)cc1. The van der Waals surface area contributed by atoms with Crippen LogP contribution in [-0.2, 0) is 13.0 Å². The van der Waals surface area contributed by atoms with Crippen molar-refractivity contribution in [2.24, 2.45) is 5.73 Å². The molecule has 0 spiro atoms. The molecule has 2 rings (SSSR count). The molecule has 2 aromatic carbocycles. The molecule has 0 heterocycles. The molecular formula is C16H17ClN2S. The van der Waals surface area contributed by atoms with Gasteiger partial charge in [-0.2, -0.15) is 0 Å². The summed E-state index contributed by atoms with van der Waals surface area (Å²) in [4.78, 5) is 0.344. The first-order valence-corrected chi connectivity index (χ1v) is 7.30. The predicted molar refractivity (Wildman–Crippen MR) is 90.5 cm³/mol. The van der Waals surface area contributed by atoms with Crippen molar-refractivity contribution in [1.82, 2.24) is 0 Å². The van der Waals surface area contributed by atoms with Crippen LogP contribution in [0.3, 0.4) is 0 Å². The normalized spacial score (nSPS) is 10.3. The third kappa shape index (κ3) is 3.71. The lowest BCUT2D eigenvalue weighted by molar-refractivity contribution is 1.10. The number of anilines is 1. The van der Waals surface area contributed by atoms with Crippen molar-refractivity contribution in [1.29, 1.82) is 0 Å². The highest BCUT2D eigenvalue weighted by Crippen LogP contribution is 2.21. The number of hydrogen-bond donors (Lipinski definition) is 2. The zero-order chi connectivity index (χ0) is 14.5. The van der Waals surface area contributed by atoms with Gasteiger partial charge in [0.2, 0.25) is 0 Å². The minimum absolute atomic E-state index is 0.344. The second-order valence-electron chi connectivity index (χ2n) is 4.58. The summed E-state index contributed by atoms with van der Waals surface area (Å²) in [6.45, 7) is 2.87. The van der Waals surface area contributed by atoms with E-state index in [1.54, 1.807) is 6.07 Å². The summed E-state index contributed by atoms with van der Waals surface area (Å²) in [6, 6.07) is 14.1. The zero-order valence-corrected chi connectivity index (χ0v) is 12.9. The van der Waals surface area contributed by atoms with E-state index in [0.717, 1.165) is 24.2 Å². The summed E-state index contributed by atoms with van der Waals surface area (Å²) in [7, 11) is 0. The maximum atomic E-state index is 5.97. The van der Waals surface area contributed by atoms with E-state index in [4.69, 9.17) is 29.6 Å². The van der Waals surface area contributed by atoms with Crippen molar-refractivity contribution in [2.75, 3.05) is 5.32 Å². The number of thiocarbonyl (C=S) groups is 1. The summed E-state index contributed by atoms with van der Waals surface area (Å²) < 4.78 is 0. The molecule has 0 aliphatic heterocycles. The van der Waals surface area contributed by atoms with Crippen LogP contribution in [0.15, 0.2) is 42.5 Å². The second-order valence-corrected chi connectivity index (χ2v) is 5.45. The number of nitrogens with two attached hydrogens (primary N) is 1. The van der Waals surface area contributed by atoms with Gasteiger partial charge in [-0.05, 0) is 35.7 Å². The van der Waals surface area contributed by atoms with Crippen molar-refractivity contribution in [2.45, 2.75) is 19.9 Å². The van der Waals surface area contributed by atoms with Gasteiger partial charge in [0.25, 0.3) is 0 Å². The lowest BCUT2D eigenvalue weighted by atomic mass is 10.1. The summed E-state index contributed by atoms with van der Waals surface area (Å²) in [5.74, 6) is 0. The molecule has 0 saturated carbocycles. The van der Waals surface area contributed by atoms with Gasteiger partial charge in [-0.15, -0.1) is 0 Å². The van der Waals surface area contributed by atoms with E-state index < -0.39 is 0 Å². The topological polar surface area (TPSA) is 38.0 Å². The van der Waals surface area contributed by atoms with E-state index >= 15 is 0 Å². The molecule has 2 nitrogen and oxygen atoms in total. The first kappa shape index (κ1) is 14.8. The highest BCUT2D eigenvalue weighted by Gasteiger charge is 2.06. The van der Waals surface area contributed by atoms with Crippen molar-refractivity contribution in [3.8, 4) is 0 Å². The first-order chi connectivity index (χ1) is 9.60. The van der Waals surface area contributed by atoms with Crippen LogP contribution in [0.2, 0.25) is 5.02 Å². The molecule has 0 saturated heterocycles. The molecule has 3 N–H and O–H groups in total. The molecule has 0 fully saturated rings. The molecule has 0 amide bonds. The smallest absolute Gasteiger partial charge is 0.106 e. The van der Waals surface area contributed by atoms with Crippen LogP contribution in [-0.4, -0.2) is 4.99 Å². The maximum Gasteiger partial charge on any atom is 0.106 e. The zero-order valence-electron chi connectivity index (χ0n) is 11.3. The Balaban J connectivity index is 2.12. The van der Waals surface area contributed by atoms with Crippen molar-refractivity contribution in [3.63, 3.8) is 0 Å². The number of hydrogen-bond acceptors (Lipinski definition) is 2. The van der Waals surface area contributed by atoms with E-state index in [1.165, 1.54) is 11.1 Å². The van der Waals surface area contributed by atoms with Gasteiger partial charge in [-0.25, -0.2) is 0 Å². The average molecular weight is 305 g/mol. The largest absolute Gasteiger partial charge is 0.389 e. The summed E-state index contributed by atoms with van der Waals surface area (Å²) in [5.41, 5.74) is 9.95. The Kier molecular flexibility index (Phi) is 4.99. The fourth-order valence-corrected chi connectivity index (χ4v) is 2.31. The summed E-state index contributed by atoms with van der Waals surface area (Å²) >= 11 is 11.0. The molecule has 0 aliphatic rings. The first-order valence-electron chi connectivity index (χ1n) is 6.51. The lowest BCUT2D eigenvalue weighted by Crippen LogP contribution is -2.13. The highest BCUT2D eigenvalue weighted by molar-refractivity contribution is 7.80. The van der Waals surface area contributed by atoms with Crippen molar-refractivity contribution < 1.29 is 0 Å². The van der Waals surface area contributed by atoms with Crippen LogP contribution in [0.4, 0.5) is 5.69 Å². The van der Waals surface area contributed by atoms with Crippen LogP contribution < -0.4 is 11.1 Å². The fourth-order valence-electron chi connectivity index (χ4n) is 1.96. The summed E-state index contributed by atoms with van der Waals surface area (Å²) in [5, 5.41) is 3.98. The minimum atomic E-state index is 0.344. The number of halogens is 1. The van der Waals surface area contributed by atoms with Crippen molar-refractivity contribution in [3.05, 3.63) is 64.2 Å². The number of nitrogens with one attached hydrogen (secondary N) is 1. The monoisotopic (exact) mass is 304 g/mol. The molecule has 20 heavy (non-hydrogen) atoms. The standard InChI is InChI=1S/C16H17ClN2S/c1-2-11-3-5-12(6-4-11)10-19-15-8-7-13(17)9-14(15)16(18)20/h3-9,19H,2,10H2,1H3,(H2,18,20). The average Bonchev–Trinajstić information content (AvgIpc) is 2.46. The van der Waals surface area contributed by atoms with Crippen LogP contribution in [0.5, 0.6) is 0 Å². The number of aryl methyl sites for hydroxylation is 1. The van der Waals surface area contributed by atoms with E-state index in [-0.39, 0.29) is 0 Å². The molecule has 4 heteroatoms. The van der Waals surface area contributed by atoms with E-state index in [0.29, 0.717) is 10.0 Å². The Hall–Kier alpha value is -1.58. The number of benzene rings is 2. The molecule has 0 bridgehead atoms. The van der Waals surface area contributed by atoms with Gasteiger partial charge < -0.3 is 11.1 Å². The lowest BCUT2D eigenvalue weighted by Gasteiger charge is -2.12. The Morgan fingerprint density at radius 3 is 2.40 bits per heavy atom. The van der Waals surface area contributed by atoms with Gasteiger partial charge in [-0.3, -0.25) is 0 Å². The third-order valence-corrected chi connectivity index (χ3v) is 3.62. The van der Waals surface area contributed by atoms with Gasteiger partial charge in [0.05, 0.1) is 0 Å². The predicted octanol–water partition coefficient (Wildman–Crippen LogP) is 4.15. The van der Waals surface area contributed by atoms with E-state index in [9.17, 15) is 0 Å². The third-order valence-electron chi connectivity index (χ3n) is 3.16. The van der Waals surface area contributed by atoms with Crippen LogP contribution in [0.25, 0.3) is 0 Å². The van der Waals surface area contributed by atoms with Gasteiger partial charge in [0, 0.05) is 22.8 Å². The maximum absolute atomic E-state index is 5.97. The summed E-state index contributed by atoms with van der Waals surface area (Å²) in [6.07, 6.45) is 1.05. The molecule has 0 atom stereocenters. The molecule has 0 aliphatic carbocycles. The Bertz CT molecular complexity index is 608. The Morgan fingerprint density at radius 2 is 1.80 bits per heavy atom. The Labute approximate surface area is 130 Å². The van der Waals surface area contributed by atoms with Gasteiger partial charge in [0.1, 0.15) is 4.99 Å². The van der Waals surface area contributed by atoms with E-state index in [2.05, 4.69) is 36.5 Å². The fraction of sp³-hybridized carbons (Fsp3) is 0.188. The Morgan fingerprint density at radius 1 is 1.15 bits per heavy atom. The van der Waals surface area contributed by atoms with Gasteiger partial charge in [0.15, 0.2) is 0 Å². The minimum Gasteiger partial charge on any atom is -0.389 e. The van der Waals surface area contributed by atoms with Crippen LogP contribution in [0.1, 0.15) is 23.6 Å². The van der Waals surface area contributed by atoms with Crippen LogP contribution >= 0.6 is 23.8 Å². The molecule has 2 aromatic rings. The van der Waals surface area contributed by atoms with Crippen molar-refractivity contribution >= 4 is 34.5 Å². The molecule has 104 valence electrons. The quantitative estimate of drug-likeness (QED) is 0.815.